The van der Waals surface area contributed by atoms with Crippen molar-refractivity contribution < 1.29 is 10.0 Å². The maximum atomic E-state index is 10.9. The van der Waals surface area contributed by atoms with Crippen LogP contribution < -0.4 is 10.6 Å². The molecule has 0 aliphatic carbocycles. The summed E-state index contributed by atoms with van der Waals surface area (Å²) in [6.07, 6.45) is 0. The van der Waals surface area contributed by atoms with E-state index in [9.17, 15) is 15.2 Å². The molecule has 0 aliphatic heterocycles. The number of anilines is 2. The van der Waals surface area contributed by atoms with Crippen molar-refractivity contribution in [3.63, 3.8) is 0 Å². The number of rotatable bonds is 6. The fraction of sp³-hybridized carbons (Fsp3) is 0.200. The zero-order valence-corrected chi connectivity index (χ0v) is 11.6. The molecule has 1 unspecified atom stereocenters. The van der Waals surface area contributed by atoms with Gasteiger partial charge in [-0.3, -0.25) is 10.1 Å². The van der Waals surface area contributed by atoms with E-state index in [1.165, 1.54) is 12.1 Å². The lowest BCUT2D eigenvalue weighted by Gasteiger charge is -2.18. The van der Waals surface area contributed by atoms with Gasteiger partial charge < -0.3 is 15.7 Å². The second-order valence-corrected chi connectivity index (χ2v) is 4.57. The lowest BCUT2D eigenvalue weighted by molar-refractivity contribution is -0.384. The summed E-state index contributed by atoms with van der Waals surface area (Å²) < 4.78 is 0. The van der Waals surface area contributed by atoms with E-state index in [1.807, 2.05) is 30.3 Å². The Labute approximate surface area is 122 Å². The van der Waals surface area contributed by atoms with Crippen LogP contribution in [0.3, 0.4) is 0 Å². The summed E-state index contributed by atoms with van der Waals surface area (Å²) in [5.41, 5.74) is 2.12. The third-order valence-electron chi connectivity index (χ3n) is 3.14. The number of nitro benzene ring substituents is 1. The van der Waals surface area contributed by atoms with Gasteiger partial charge in [0.1, 0.15) is 0 Å². The molecule has 2 aromatic carbocycles. The van der Waals surface area contributed by atoms with Gasteiger partial charge in [-0.25, -0.2) is 0 Å². The minimum Gasteiger partial charge on any atom is -0.394 e. The lowest BCUT2D eigenvalue weighted by Crippen LogP contribution is -2.15. The molecule has 0 amide bonds. The van der Waals surface area contributed by atoms with E-state index >= 15 is 0 Å². The maximum absolute atomic E-state index is 10.9. The highest BCUT2D eigenvalue weighted by molar-refractivity contribution is 5.63. The van der Waals surface area contributed by atoms with Gasteiger partial charge >= 0.3 is 0 Å². The number of non-ortho nitro benzene ring substituents is 1. The van der Waals surface area contributed by atoms with E-state index in [0.29, 0.717) is 11.4 Å². The number of aliphatic hydroxyl groups is 1. The SMILES string of the molecule is CNc1cc(NC(CO)c2ccccc2)cc([N+](=O)[O-])c1. The van der Waals surface area contributed by atoms with Crippen molar-refractivity contribution >= 4 is 17.1 Å². The zero-order valence-electron chi connectivity index (χ0n) is 11.6. The molecule has 1 atom stereocenters. The highest BCUT2D eigenvalue weighted by Crippen LogP contribution is 2.27. The zero-order chi connectivity index (χ0) is 15.2. The van der Waals surface area contributed by atoms with Crippen LogP contribution in [-0.4, -0.2) is 23.7 Å². The fourth-order valence-corrected chi connectivity index (χ4v) is 2.07. The molecule has 0 fully saturated rings. The second-order valence-electron chi connectivity index (χ2n) is 4.57. The third kappa shape index (κ3) is 3.70. The van der Waals surface area contributed by atoms with Crippen molar-refractivity contribution in [1.82, 2.24) is 0 Å². The van der Waals surface area contributed by atoms with Crippen molar-refractivity contribution in [3.8, 4) is 0 Å². The van der Waals surface area contributed by atoms with Crippen LogP contribution in [0.4, 0.5) is 17.1 Å². The Balaban J connectivity index is 2.29. The molecule has 0 radical (unpaired) electrons. The Bertz CT molecular complexity index is 617. The largest absolute Gasteiger partial charge is 0.394 e. The van der Waals surface area contributed by atoms with Gasteiger partial charge in [-0.2, -0.15) is 0 Å². The van der Waals surface area contributed by atoms with Gasteiger partial charge in [0.05, 0.1) is 17.6 Å². The first-order chi connectivity index (χ1) is 10.1. The Morgan fingerprint density at radius 2 is 1.86 bits per heavy atom. The van der Waals surface area contributed by atoms with Crippen LogP contribution in [-0.2, 0) is 0 Å². The average Bonchev–Trinajstić information content (AvgIpc) is 2.53. The number of nitro groups is 1. The molecule has 6 heteroatoms. The van der Waals surface area contributed by atoms with Crippen LogP contribution in [0.1, 0.15) is 11.6 Å². The quantitative estimate of drug-likeness (QED) is 0.561. The number of aliphatic hydroxyl groups excluding tert-OH is 1. The summed E-state index contributed by atoms with van der Waals surface area (Å²) in [7, 11) is 1.70. The summed E-state index contributed by atoms with van der Waals surface area (Å²) in [6, 6.07) is 13.8. The normalized spacial score (nSPS) is 11.7. The molecule has 6 nitrogen and oxygen atoms in total. The van der Waals surface area contributed by atoms with E-state index in [0.717, 1.165) is 5.56 Å². The molecule has 2 rings (SSSR count). The molecule has 21 heavy (non-hydrogen) atoms. The first kappa shape index (κ1) is 14.8. The molecule has 0 aliphatic rings. The Hall–Kier alpha value is -2.60. The summed E-state index contributed by atoms with van der Waals surface area (Å²) in [5, 5.41) is 26.5. The smallest absolute Gasteiger partial charge is 0.273 e. The Morgan fingerprint density at radius 3 is 2.43 bits per heavy atom. The molecule has 0 aromatic heterocycles. The standard InChI is InChI=1S/C15H17N3O3/c1-16-12-7-13(9-14(8-12)18(20)21)17-15(10-19)11-5-3-2-4-6-11/h2-9,15-17,19H,10H2,1H3. The van der Waals surface area contributed by atoms with E-state index in [-0.39, 0.29) is 18.3 Å². The van der Waals surface area contributed by atoms with E-state index < -0.39 is 4.92 Å². The Morgan fingerprint density at radius 1 is 1.19 bits per heavy atom. The van der Waals surface area contributed by atoms with E-state index in [2.05, 4.69) is 10.6 Å². The van der Waals surface area contributed by atoms with Gasteiger partial charge in [0.25, 0.3) is 5.69 Å². The van der Waals surface area contributed by atoms with Gasteiger partial charge in [0.2, 0.25) is 0 Å². The summed E-state index contributed by atoms with van der Waals surface area (Å²) in [5.74, 6) is 0. The first-order valence-electron chi connectivity index (χ1n) is 6.53. The van der Waals surface area contributed by atoms with E-state index in [4.69, 9.17) is 0 Å². The number of nitrogens with one attached hydrogen (secondary N) is 2. The molecular weight excluding hydrogens is 270 g/mol. The minimum absolute atomic E-state index is 0.00546. The number of hydrogen-bond donors (Lipinski definition) is 3. The molecule has 3 N–H and O–H groups in total. The highest BCUT2D eigenvalue weighted by atomic mass is 16.6. The molecule has 0 spiro atoms. The summed E-state index contributed by atoms with van der Waals surface area (Å²) in [4.78, 5) is 10.5. The molecule has 110 valence electrons. The first-order valence-corrected chi connectivity index (χ1v) is 6.53. The van der Waals surface area contributed by atoms with Gasteiger partial charge in [0, 0.05) is 30.6 Å². The minimum atomic E-state index is -0.442. The van der Waals surface area contributed by atoms with Gasteiger partial charge in [0.15, 0.2) is 0 Å². The van der Waals surface area contributed by atoms with Crippen LogP contribution in [0.25, 0.3) is 0 Å². The average molecular weight is 287 g/mol. The third-order valence-corrected chi connectivity index (χ3v) is 3.14. The Kier molecular flexibility index (Phi) is 4.73. The van der Waals surface area contributed by atoms with Gasteiger partial charge in [-0.15, -0.1) is 0 Å². The molecule has 0 saturated carbocycles. The van der Waals surface area contributed by atoms with Crippen LogP contribution in [0, 0.1) is 10.1 Å². The number of benzene rings is 2. The predicted octanol–water partition coefficient (Wildman–Crippen LogP) is 2.78. The van der Waals surface area contributed by atoms with Crippen molar-refractivity contribution in [2.75, 3.05) is 24.3 Å². The highest BCUT2D eigenvalue weighted by Gasteiger charge is 2.13. The van der Waals surface area contributed by atoms with Crippen LogP contribution in [0.15, 0.2) is 48.5 Å². The lowest BCUT2D eigenvalue weighted by atomic mass is 10.1. The van der Waals surface area contributed by atoms with Crippen LogP contribution >= 0.6 is 0 Å². The van der Waals surface area contributed by atoms with Crippen LogP contribution in [0.5, 0.6) is 0 Å². The molecule has 2 aromatic rings. The van der Waals surface area contributed by atoms with Gasteiger partial charge in [-0.05, 0) is 11.6 Å². The topological polar surface area (TPSA) is 87.4 Å². The second kappa shape index (κ2) is 6.71. The monoisotopic (exact) mass is 287 g/mol. The van der Waals surface area contributed by atoms with E-state index in [1.54, 1.807) is 13.1 Å². The number of nitrogens with zero attached hydrogens (tertiary/aromatic N) is 1. The molecule has 0 saturated heterocycles. The van der Waals surface area contributed by atoms with Crippen molar-refractivity contribution in [3.05, 3.63) is 64.2 Å². The summed E-state index contributed by atoms with van der Waals surface area (Å²) >= 11 is 0. The number of hydrogen-bond acceptors (Lipinski definition) is 5. The van der Waals surface area contributed by atoms with Crippen molar-refractivity contribution in [2.24, 2.45) is 0 Å². The van der Waals surface area contributed by atoms with Crippen molar-refractivity contribution in [2.45, 2.75) is 6.04 Å². The summed E-state index contributed by atoms with van der Waals surface area (Å²) in [6.45, 7) is -0.110. The van der Waals surface area contributed by atoms with Crippen LogP contribution in [0.2, 0.25) is 0 Å². The molecular formula is C15H17N3O3. The molecule has 0 bridgehead atoms. The maximum Gasteiger partial charge on any atom is 0.273 e. The van der Waals surface area contributed by atoms with Gasteiger partial charge in [-0.1, -0.05) is 30.3 Å². The van der Waals surface area contributed by atoms with Crippen molar-refractivity contribution in [1.29, 1.82) is 0 Å². The fourth-order valence-electron chi connectivity index (χ4n) is 2.07. The predicted molar refractivity (Wildman–Crippen MR) is 82.5 cm³/mol. The molecule has 0 heterocycles.